The lowest BCUT2D eigenvalue weighted by atomic mass is 10.4. The van der Waals surface area contributed by atoms with E-state index in [9.17, 15) is 18.1 Å². The van der Waals surface area contributed by atoms with Gasteiger partial charge in [0.2, 0.25) is 0 Å². The fourth-order valence-corrected chi connectivity index (χ4v) is 6.00. The van der Waals surface area contributed by atoms with E-state index in [0.717, 1.165) is 29.8 Å². The third-order valence-corrected chi connectivity index (χ3v) is 7.27. The highest BCUT2D eigenvalue weighted by atomic mass is 32.2. The van der Waals surface area contributed by atoms with Gasteiger partial charge in [-0.15, -0.1) is 11.3 Å². The van der Waals surface area contributed by atoms with Gasteiger partial charge in [-0.3, -0.25) is 0 Å². The lowest BCUT2D eigenvalue weighted by molar-refractivity contribution is -0.384. The van der Waals surface area contributed by atoms with Gasteiger partial charge >= 0.3 is 5.91 Å². The van der Waals surface area contributed by atoms with Crippen molar-refractivity contribution in [2.75, 3.05) is 24.6 Å². The number of amides is 1. The van der Waals surface area contributed by atoms with Crippen LogP contribution in [0.1, 0.15) is 11.8 Å². The SMILES string of the molecule is CC(=O)[N+](=O)c1cc(S(=O)(=O)N2CCSCC2)sc1C. The molecule has 0 radical (unpaired) electrons. The van der Waals surface area contributed by atoms with Crippen LogP contribution in [0.3, 0.4) is 0 Å². The minimum absolute atomic E-state index is 0.118. The van der Waals surface area contributed by atoms with Crippen LogP contribution in [0.25, 0.3) is 0 Å². The third kappa shape index (κ3) is 2.95. The largest absolute Gasteiger partial charge is 0.437 e. The average molecular weight is 335 g/mol. The second-order valence-corrected chi connectivity index (χ2v) is 8.98. The van der Waals surface area contributed by atoms with Crippen LogP contribution in [0.5, 0.6) is 0 Å². The number of aryl methyl sites for hydroxylation is 1. The van der Waals surface area contributed by atoms with E-state index in [1.807, 2.05) is 0 Å². The molecule has 0 saturated carbocycles. The number of nitrogens with zero attached hydrogens (tertiary/aromatic N) is 2. The normalized spacial score (nSPS) is 17.1. The van der Waals surface area contributed by atoms with E-state index in [0.29, 0.717) is 18.0 Å². The van der Waals surface area contributed by atoms with Crippen LogP contribution in [0.15, 0.2) is 10.3 Å². The van der Waals surface area contributed by atoms with Crippen LogP contribution in [-0.2, 0) is 14.8 Å². The van der Waals surface area contributed by atoms with Gasteiger partial charge in [-0.05, 0) is 6.92 Å². The summed E-state index contributed by atoms with van der Waals surface area (Å²) in [6, 6.07) is 1.30. The molecule has 0 N–H and O–H groups in total. The zero-order chi connectivity index (χ0) is 14.9. The molecular formula is C11H15N2O4S3+. The summed E-state index contributed by atoms with van der Waals surface area (Å²) in [5.41, 5.74) is 0.118. The molecule has 1 aliphatic heterocycles. The number of rotatable bonds is 3. The Morgan fingerprint density at radius 3 is 2.50 bits per heavy atom. The van der Waals surface area contributed by atoms with E-state index in [1.165, 1.54) is 10.4 Å². The summed E-state index contributed by atoms with van der Waals surface area (Å²) in [7, 11) is -3.56. The van der Waals surface area contributed by atoms with E-state index in [-0.39, 0.29) is 14.7 Å². The van der Waals surface area contributed by atoms with Crippen molar-refractivity contribution in [3.05, 3.63) is 15.9 Å². The van der Waals surface area contributed by atoms with Crippen molar-refractivity contribution in [2.24, 2.45) is 0 Å². The fraction of sp³-hybridized carbons (Fsp3) is 0.545. The average Bonchev–Trinajstić information content (AvgIpc) is 2.81. The van der Waals surface area contributed by atoms with Gasteiger partial charge in [0.25, 0.3) is 15.7 Å². The molecule has 1 aliphatic rings. The van der Waals surface area contributed by atoms with Crippen LogP contribution < -0.4 is 0 Å². The Bertz CT molecular complexity index is 645. The van der Waals surface area contributed by atoms with Gasteiger partial charge in [0, 0.05) is 35.6 Å². The van der Waals surface area contributed by atoms with E-state index < -0.39 is 15.9 Å². The second-order valence-electron chi connectivity index (χ2n) is 4.34. The van der Waals surface area contributed by atoms with E-state index >= 15 is 0 Å². The molecule has 1 aromatic rings. The smallest absolute Gasteiger partial charge is 0.215 e. The number of hydrogen-bond donors (Lipinski definition) is 0. The number of nitroso groups, excluding NO2 is 1. The number of sulfonamides is 1. The number of thioether (sulfide) groups is 1. The minimum atomic E-state index is -3.56. The fourth-order valence-electron chi connectivity index (χ4n) is 1.86. The summed E-state index contributed by atoms with van der Waals surface area (Å²) in [6.07, 6.45) is 0. The summed E-state index contributed by atoms with van der Waals surface area (Å²) < 4.78 is 26.7. The Morgan fingerprint density at radius 1 is 1.35 bits per heavy atom. The quantitative estimate of drug-likeness (QED) is 0.787. The molecule has 6 nitrogen and oxygen atoms in total. The first-order valence-corrected chi connectivity index (χ1v) is 9.41. The predicted molar refractivity (Wildman–Crippen MR) is 79.1 cm³/mol. The molecule has 20 heavy (non-hydrogen) atoms. The summed E-state index contributed by atoms with van der Waals surface area (Å²) in [6.45, 7) is 3.75. The lowest BCUT2D eigenvalue weighted by Crippen LogP contribution is -2.37. The number of carbonyl (C=O) groups is 1. The van der Waals surface area contributed by atoms with E-state index in [2.05, 4.69) is 0 Å². The first kappa shape index (κ1) is 15.6. The summed E-state index contributed by atoms with van der Waals surface area (Å²) in [5, 5.41) is 0. The van der Waals surface area contributed by atoms with Gasteiger partial charge in [0.15, 0.2) is 0 Å². The second kappa shape index (κ2) is 5.92. The monoisotopic (exact) mass is 335 g/mol. The molecule has 0 aliphatic carbocycles. The van der Waals surface area contributed by atoms with Crippen LogP contribution in [0.2, 0.25) is 0 Å². The number of thiophene rings is 1. The molecule has 0 aromatic carbocycles. The summed E-state index contributed by atoms with van der Waals surface area (Å²) in [4.78, 5) is 23.3. The Kier molecular flexibility index (Phi) is 4.62. The van der Waals surface area contributed by atoms with E-state index in [4.69, 9.17) is 0 Å². The Balaban J connectivity index is 2.36. The van der Waals surface area contributed by atoms with Gasteiger partial charge in [-0.1, -0.05) is 0 Å². The standard InChI is InChI=1S/C11H15N2O4S3/c1-8-10(13(15)9(2)14)7-11(19-8)20(16,17)12-3-5-18-6-4-12/h7H,3-6H2,1-2H3/q+1. The molecule has 1 amide bonds. The zero-order valence-electron chi connectivity index (χ0n) is 11.2. The Labute approximate surface area is 125 Å². The number of hydrogen-bond acceptors (Lipinski definition) is 6. The lowest BCUT2D eigenvalue weighted by Gasteiger charge is -2.24. The molecule has 0 bridgehead atoms. The van der Waals surface area contributed by atoms with Crippen molar-refractivity contribution in [3.8, 4) is 0 Å². The first-order chi connectivity index (χ1) is 9.34. The van der Waals surface area contributed by atoms with Crippen molar-refractivity contribution in [1.29, 1.82) is 0 Å². The maximum Gasteiger partial charge on any atom is 0.437 e. The molecule has 1 saturated heterocycles. The predicted octanol–water partition coefficient (Wildman–Crippen LogP) is 1.75. The topological polar surface area (TPSA) is 74.5 Å². The van der Waals surface area contributed by atoms with E-state index in [1.54, 1.807) is 18.7 Å². The van der Waals surface area contributed by atoms with Gasteiger partial charge in [0.05, 0.1) is 11.8 Å². The highest BCUT2D eigenvalue weighted by Crippen LogP contribution is 2.33. The van der Waals surface area contributed by atoms with Crippen LogP contribution in [0, 0.1) is 11.8 Å². The Morgan fingerprint density at radius 2 is 1.95 bits per heavy atom. The van der Waals surface area contributed by atoms with Gasteiger partial charge < -0.3 is 0 Å². The molecule has 0 unspecified atom stereocenters. The molecule has 0 atom stereocenters. The highest BCUT2D eigenvalue weighted by Gasteiger charge is 2.33. The molecule has 2 rings (SSSR count). The van der Waals surface area contributed by atoms with Crippen molar-refractivity contribution >= 4 is 44.7 Å². The molecule has 1 fully saturated rings. The van der Waals surface area contributed by atoms with Gasteiger partial charge in [-0.25, -0.2) is 13.2 Å². The van der Waals surface area contributed by atoms with Crippen LogP contribution >= 0.6 is 23.1 Å². The van der Waals surface area contributed by atoms with Gasteiger partial charge in [0.1, 0.15) is 8.97 Å². The molecule has 1 aromatic heterocycles. The minimum Gasteiger partial charge on any atom is -0.215 e. The maximum atomic E-state index is 12.5. The van der Waals surface area contributed by atoms with Gasteiger partial charge in [-0.2, -0.15) is 16.1 Å². The molecule has 9 heteroatoms. The summed E-state index contributed by atoms with van der Waals surface area (Å²) in [5.74, 6) is 0.888. The zero-order valence-corrected chi connectivity index (χ0v) is 13.6. The molecule has 2 heterocycles. The first-order valence-electron chi connectivity index (χ1n) is 6.00. The van der Waals surface area contributed by atoms with Crippen LogP contribution in [-0.4, -0.2) is 48.0 Å². The van der Waals surface area contributed by atoms with Crippen LogP contribution in [0.4, 0.5) is 5.69 Å². The summed E-state index contributed by atoms with van der Waals surface area (Å²) >= 11 is 2.75. The number of carbonyl (C=O) groups excluding carboxylic acids is 1. The van der Waals surface area contributed by atoms with Crippen molar-refractivity contribution < 1.29 is 18.0 Å². The highest BCUT2D eigenvalue weighted by molar-refractivity contribution is 7.99. The Hall–Kier alpha value is -0.770. The van der Waals surface area contributed by atoms with Crippen molar-refractivity contribution in [2.45, 2.75) is 18.1 Å². The molecular weight excluding hydrogens is 320 g/mol. The van der Waals surface area contributed by atoms with Crippen molar-refractivity contribution in [1.82, 2.24) is 4.31 Å². The molecule has 0 spiro atoms. The van der Waals surface area contributed by atoms with Crippen molar-refractivity contribution in [3.63, 3.8) is 0 Å². The molecule has 110 valence electrons. The third-order valence-electron chi connectivity index (χ3n) is 2.94. The maximum absolute atomic E-state index is 12.5.